The molecule has 0 radical (unpaired) electrons. The number of halogens is 2. The van der Waals surface area contributed by atoms with Crippen LogP contribution in [0.2, 0.25) is 10.0 Å². The first-order valence-corrected chi connectivity index (χ1v) is 10.0. The third kappa shape index (κ3) is 4.33. The average Bonchev–Trinajstić information content (AvgIpc) is 2.54. The van der Waals surface area contributed by atoms with E-state index in [1.807, 2.05) is 0 Å². The normalized spacial score (nSPS) is 16.2. The second kappa shape index (κ2) is 8.38. The Morgan fingerprint density at radius 3 is 2.29 bits per heavy atom. The van der Waals surface area contributed by atoms with E-state index in [-0.39, 0.29) is 34.1 Å². The van der Waals surface area contributed by atoms with Crippen LogP contribution in [0, 0.1) is 0 Å². The van der Waals surface area contributed by atoms with Crippen molar-refractivity contribution >= 4 is 39.3 Å². The van der Waals surface area contributed by atoms with Gasteiger partial charge in [-0.1, -0.05) is 42.6 Å². The highest BCUT2D eigenvalue weighted by atomic mass is 35.5. The maximum absolute atomic E-state index is 12.8. The Kier molecular flexibility index (Phi) is 6.74. The lowest BCUT2D eigenvalue weighted by atomic mass is 10.3. The highest BCUT2D eigenvalue weighted by Crippen LogP contribution is 2.31. The lowest BCUT2D eigenvalue weighted by molar-refractivity contribution is 0.172. The molecule has 1 aromatic carbocycles. The summed E-state index contributed by atoms with van der Waals surface area (Å²) in [7, 11) is -3.78. The zero-order chi connectivity index (χ0) is 17.7. The van der Waals surface area contributed by atoms with Crippen LogP contribution < -0.4 is 5.32 Å². The first-order chi connectivity index (χ1) is 11.4. The molecule has 0 spiro atoms. The number of hydrogen-bond donors (Lipinski definition) is 1. The quantitative estimate of drug-likeness (QED) is 0.781. The Balaban J connectivity index is 2.02. The minimum absolute atomic E-state index is 0.0748. The first kappa shape index (κ1) is 19.3. The molecule has 1 heterocycles. The van der Waals surface area contributed by atoms with Crippen molar-refractivity contribution in [2.45, 2.75) is 24.7 Å². The Bertz CT molecular complexity index is 669. The molecule has 1 saturated heterocycles. The van der Waals surface area contributed by atoms with Gasteiger partial charge in [0.1, 0.15) is 4.90 Å². The third-order valence-electron chi connectivity index (χ3n) is 3.85. The summed E-state index contributed by atoms with van der Waals surface area (Å²) in [6, 6.07) is 4.44. The van der Waals surface area contributed by atoms with Gasteiger partial charge < -0.3 is 10.2 Å². The SMILES string of the molecule is CCCCNC(=O)N1CCN(S(=O)(=O)c2c(Cl)cccc2Cl)CC1. The van der Waals surface area contributed by atoms with Crippen LogP contribution in [-0.4, -0.2) is 56.4 Å². The van der Waals surface area contributed by atoms with E-state index < -0.39 is 10.0 Å². The van der Waals surface area contributed by atoms with E-state index in [0.29, 0.717) is 19.6 Å². The van der Waals surface area contributed by atoms with E-state index in [9.17, 15) is 13.2 Å². The number of sulfonamides is 1. The predicted octanol–water partition coefficient (Wildman–Crippen LogP) is 2.81. The number of benzene rings is 1. The summed E-state index contributed by atoms with van der Waals surface area (Å²) < 4.78 is 26.8. The van der Waals surface area contributed by atoms with Crippen LogP contribution >= 0.6 is 23.2 Å². The van der Waals surface area contributed by atoms with Gasteiger partial charge >= 0.3 is 6.03 Å². The fraction of sp³-hybridized carbons (Fsp3) is 0.533. The molecule has 134 valence electrons. The summed E-state index contributed by atoms with van der Waals surface area (Å²) in [6.45, 7) is 3.77. The molecule has 2 amide bonds. The number of hydrogen-bond acceptors (Lipinski definition) is 3. The molecule has 0 atom stereocenters. The number of carbonyl (C=O) groups excluding carboxylic acids is 1. The molecule has 1 fully saturated rings. The summed E-state index contributed by atoms with van der Waals surface area (Å²) in [4.78, 5) is 13.6. The minimum atomic E-state index is -3.78. The molecular formula is C15H21Cl2N3O3S. The molecule has 0 bridgehead atoms. The van der Waals surface area contributed by atoms with Gasteiger partial charge in [0, 0.05) is 32.7 Å². The van der Waals surface area contributed by atoms with Crippen LogP contribution in [0.5, 0.6) is 0 Å². The summed E-state index contributed by atoms with van der Waals surface area (Å²) in [5, 5.41) is 3.03. The van der Waals surface area contributed by atoms with Crippen molar-refractivity contribution in [2.75, 3.05) is 32.7 Å². The molecule has 1 aliphatic heterocycles. The molecule has 6 nitrogen and oxygen atoms in total. The van der Waals surface area contributed by atoms with Crippen LogP contribution in [0.1, 0.15) is 19.8 Å². The van der Waals surface area contributed by atoms with Crippen molar-refractivity contribution in [1.82, 2.24) is 14.5 Å². The summed E-state index contributed by atoms with van der Waals surface area (Å²) in [5.41, 5.74) is 0. The molecule has 0 saturated carbocycles. The van der Waals surface area contributed by atoms with Crippen LogP contribution in [0.15, 0.2) is 23.1 Å². The van der Waals surface area contributed by atoms with E-state index in [2.05, 4.69) is 12.2 Å². The van der Waals surface area contributed by atoms with Gasteiger partial charge in [0.15, 0.2) is 0 Å². The Hall–Kier alpha value is -1.02. The van der Waals surface area contributed by atoms with Gasteiger partial charge in [-0.3, -0.25) is 0 Å². The van der Waals surface area contributed by atoms with Crippen LogP contribution in [0.3, 0.4) is 0 Å². The van der Waals surface area contributed by atoms with E-state index in [1.165, 1.54) is 16.4 Å². The van der Waals surface area contributed by atoms with Crippen LogP contribution in [-0.2, 0) is 10.0 Å². The van der Waals surface area contributed by atoms with Crippen molar-refractivity contribution in [3.8, 4) is 0 Å². The molecule has 0 aliphatic carbocycles. The zero-order valence-corrected chi connectivity index (χ0v) is 15.8. The molecule has 9 heteroatoms. The standard InChI is InChI=1S/C15H21Cl2N3O3S/c1-2-3-7-18-15(21)19-8-10-20(11-9-19)24(22,23)14-12(16)5-4-6-13(14)17/h4-6H,2-3,7-11H2,1H3,(H,18,21). The van der Waals surface area contributed by atoms with Gasteiger partial charge in [-0.2, -0.15) is 4.31 Å². The van der Waals surface area contributed by atoms with Gasteiger partial charge in [-0.05, 0) is 18.6 Å². The number of nitrogens with one attached hydrogen (secondary N) is 1. The van der Waals surface area contributed by atoms with Gasteiger partial charge in [-0.15, -0.1) is 0 Å². The van der Waals surface area contributed by atoms with E-state index in [1.54, 1.807) is 11.0 Å². The summed E-state index contributed by atoms with van der Waals surface area (Å²) >= 11 is 12.0. The second-order valence-electron chi connectivity index (χ2n) is 5.53. The highest BCUT2D eigenvalue weighted by Gasteiger charge is 2.32. The largest absolute Gasteiger partial charge is 0.338 e. The van der Waals surface area contributed by atoms with Gasteiger partial charge in [0.05, 0.1) is 10.0 Å². The number of urea groups is 1. The van der Waals surface area contributed by atoms with Crippen molar-refractivity contribution in [3.05, 3.63) is 28.2 Å². The second-order valence-corrected chi connectivity index (χ2v) is 8.22. The Morgan fingerprint density at radius 2 is 1.75 bits per heavy atom. The first-order valence-electron chi connectivity index (χ1n) is 7.85. The number of unbranched alkanes of at least 4 members (excludes halogenated alkanes) is 1. The van der Waals surface area contributed by atoms with Gasteiger partial charge in [0.25, 0.3) is 0 Å². The molecule has 1 aromatic rings. The van der Waals surface area contributed by atoms with E-state index >= 15 is 0 Å². The van der Waals surface area contributed by atoms with Crippen molar-refractivity contribution < 1.29 is 13.2 Å². The topological polar surface area (TPSA) is 69.7 Å². The van der Waals surface area contributed by atoms with E-state index in [4.69, 9.17) is 23.2 Å². The monoisotopic (exact) mass is 393 g/mol. The molecule has 1 N–H and O–H groups in total. The maximum Gasteiger partial charge on any atom is 0.317 e. The van der Waals surface area contributed by atoms with Crippen molar-refractivity contribution in [1.29, 1.82) is 0 Å². The van der Waals surface area contributed by atoms with Crippen molar-refractivity contribution in [3.63, 3.8) is 0 Å². The Labute approximate surface area is 152 Å². The average molecular weight is 394 g/mol. The van der Waals surface area contributed by atoms with Gasteiger partial charge in [-0.25, -0.2) is 13.2 Å². The smallest absolute Gasteiger partial charge is 0.317 e. The lowest BCUT2D eigenvalue weighted by Crippen LogP contribution is -2.53. The fourth-order valence-electron chi connectivity index (χ4n) is 2.47. The number of carbonyl (C=O) groups is 1. The van der Waals surface area contributed by atoms with Gasteiger partial charge in [0.2, 0.25) is 10.0 Å². The molecule has 1 aliphatic rings. The third-order valence-corrected chi connectivity index (χ3v) is 6.70. The number of amides is 2. The molecule has 0 aromatic heterocycles. The maximum atomic E-state index is 12.8. The zero-order valence-electron chi connectivity index (χ0n) is 13.5. The highest BCUT2D eigenvalue weighted by molar-refractivity contribution is 7.89. The van der Waals surface area contributed by atoms with Crippen molar-refractivity contribution in [2.24, 2.45) is 0 Å². The molecule has 2 rings (SSSR count). The summed E-state index contributed by atoms with van der Waals surface area (Å²) in [6.07, 6.45) is 1.93. The molecular weight excluding hydrogens is 373 g/mol. The molecule has 0 unspecified atom stereocenters. The fourth-order valence-corrected chi connectivity index (χ4v) is 4.99. The van der Waals surface area contributed by atoms with Crippen LogP contribution in [0.4, 0.5) is 4.79 Å². The predicted molar refractivity (Wildman–Crippen MR) is 95.1 cm³/mol. The minimum Gasteiger partial charge on any atom is -0.338 e. The molecule has 24 heavy (non-hydrogen) atoms. The number of rotatable bonds is 5. The van der Waals surface area contributed by atoms with Crippen LogP contribution in [0.25, 0.3) is 0 Å². The Morgan fingerprint density at radius 1 is 1.17 bits per heavy atom. The lowest BCUT2D eigenvalue weighted by Gasteiger charge is -2.34. The number of nitrogens with zero attached hydrogens (tertiary/aromatic N) is 2. The van der Waals surface area contributed by atoms with E-state index in [0.717, 1.165) is 12.8 Å². The number of piperazine rings is 1. The summed E-state index contributed by atoms with van der Waals surface area (Å²) in [5.74, 6) is 0.